The summed E-state index contributed by atoms with van der Waals surface area (Å²) in [7, 11) is 0. The summed E-state index contributed by atoms with van der Waals surface area (Å²) in [4.78, 5) is 38.0. The molecule has 2 fully saturated rings. The molecule has 2 saturated heterocycles. The molecule has 7 nitrogen and oxygen atoms in total. The van der Waals surface area contributed by atoms with E-state index in [1.54, 1.807) is 0 Å². The number of nitrogens with zero attached hydrogens (tertiary/aromatic N) is 2. The Balaban J connectivity index is 1.64. The van der Waals surface area contributed by atoms with Gasteiger partial charge in [0.2, 0.25) is 0 Å². The average molecular weight is 358 g/mol. The Labute approximate surface area is 139 Å². The van der Waals surface area contributed by atoms with Gasteiger partial charge in [-0.1, -0.05) is 0 Å². The first-order valence-corrected chi connectivity index (χ1v) is 7.38. The van der Waals surface area contributed by atoms with E-state index in [0.29, 0.717) is 13.0 Å². The summed E-state index contributed by atoms with van der Waals surface area (Å²) in [6.07, 6.45) is -5.11. The highest BCUT2D eigenvalue weighted by molar-refractivity contribution is 5.98. The fourth-order valence-electron chi connectivity index (χ4n) is 2.84. The number of carbonyl (C=O) groups is 3. The van der Waals surface area contributed by atoms with Crippen molar-refractivity contribution in [1.82, 2.24) is 9.80 Å². The van der Waals surface area contributed by atoms with Crippen molar-refractivity contribution in [3.05, 3.63) is 29.8 Å². The summed E-state index contributed by atoms with van der Waals surface area (Å²) in [5.41, 5.74) is 0.186. The standard InChI is InChI=1S/C15H13F3N2O5/c16-15(17,18)25-11-3-1-9(2-4-11)13(22)19-6-5-10(7-19)20-12(21)8-24-14(20)23/h1-4,10H,5-8H2. The van der Waals surface area contributed by atoms with Gasteiger partial charge in [0.1, 0.15) is 5.75 Å². The van der Waals surface area contributed by atoms with E-state index in [-0.39, 0.29) is 18.7 Å². The summed E-state index contributed by atoms with van der Waals surface area (Å²) < 4.78 is 44.8. The second kappa shape index (κ2) is 6.26. The number of likely N-dealkylation sites (tertiary alicyclic amines) is 1. The molecule has 3 amide bonds. The topological polar surface area (TPSA) is 76.2 Å². The molecule has 1 aromatic carbocycles. The van der Waals surface area contributed by atoms with Crippen molar-refractivity contribution >= 4 is 17.9 Å². The maximum Gasteiger partial charge on any atom is 0.573 e. The lowest BCUT2D eigenvalue weighted by molar-refractivity contribution is -0.274. The van der Waals surface area contributed by atoms with Gasteiger partial charge < -0.3 is 14.4 Å². The number of amides is 3. The Bertz CT molecular complexity index is 688. The molecule has 0 spiro atoms. The molecular weight excluding hydrogens is 345 g/mol. The third kappa shape index (κ3) is 3.67. The SMILES string of the molecule is O=C(c1ccc(OC(F)(F)F)cc1)N1CCC(N2C(=O)COC2=O)C1. The molecule has 1 aromatic rings. The molecule has 0 aliphatic carbocycles. The third-order valence-corrected chi connectivity index (χ3v) is 3.94. The molecule has 0 N–H and O–H groups in total. The van der Waals surface area contributed by atoms with Gasteiger partial charge in [0.05, 0.1) is 6.04 Å². The molecule has 0 bridgehead atoms. The minimum atomic E-state index is -4.80. The van der Waals surface area contributed by atoms with Gasteiger partial charge in [-0.15, -0.1) is 13.2 Å². The van der Waals surface area contributed by atoms with Gasteiger partial charge in [0.25, 0.3) is 11.8 Å². The van der Waals surface area contributed by atoms with E-state index in [2.05, 4.69) is 9.47 Å². The maximum absolute atomic E-state index is 12.4. The van der Waals surface area contributed by atoms with Gasteiger partial charge in [-0.2, -0.15) is 0 Å². The molecule has 10 heteroatoms. The molecule has 0 saturated carbocycles. The van der Waals surface area contributed by atoms with E-state index in [0.717, 1.165) is 17.0 Å². The summed E-state index contributed by atoms with van der Waals surface area (Å²) in [5.74, 6) is -1.27. The van der Waals surface area contributed by atoms with Gasteiger partial charge in [-0.25, -0.2) is 9.69 Å². The lowest BCUT2D eigenvalue weighted by Gasteiger charge is -2.20. The third-order valence-electron chi connectivity index (χ3n) is 3.94. The van der Waals surface area contributed by atoms with Crippen LogP contribution in [0.3, 0.4) is 0 Å². The number of imide groups is 1. The van der Waals surface area contributed by atoms with Crippen LogP contribution in [0.1, 0.15) is 16.8 Å². The Morgan fingerprint density at radius 2 is 1.88 bits per heavy atom. The fourth-order valence-corrected chi connectivity index (χ4v) is 2.84. The Hall–Kier alpha value is -2.78. The zero-order valence-electron chi connectivity index (χ0n) is 12.8. The number of carbonyl (C=O) groups excluding carboxylic acids is 3. The van der Waals surface area contributed by atoms with Crippen LogP contribution in [0.15, 0.2) is 24.3 Å². The number of hydrogen-bond donors (Lipinski definition) is 0. The van der Waals surface area contributed by atoms with Crippen LogP contribution in [0.2, 0.25) is 0 Å². The number of benzene rings is 1. The second-order valence-electron chi connectivity index (χ2n) is 5.58. The number of rotatable bonds is 3. The first-order valence-electron chi connectivity index (χ1n) is 7.38. The molecule has 1 atom stereocenters. The van der Waals surface area contributed by atoms with E-state index in [1.807, 2.05) is 0 Å². The maximum atomic E-state index is 12.4. The van der Waals surface area contributed by atoms with Crippen molar-refractivity contribution in [2.45, 2.75) is 18.8 Å². The molecule has 2 aliphatic rings. The predicted molar refractivity (Wildman–Crippen MR) is 75.6 cm³/mol. The molecule has 0 radical (unpaired) electrons. The first kappa shape index (κ1) is 17.1. The Morgan fingerprint density at radius 3 is 2.44 bits per heavy atom. The number of hydrogen-bond acceptors (Lipinski definition) is 5. The molecular formula is C15H13F3N2O5. The quantitative estimate of drug-likeness (QED) is 0.823. The zero-order valence-corrected chi connectivity index (χ0v) is 12.8. The lowest BCUT2D eigenvalue weighted by atomic mass is 10.2. The van der Waals surface area contributed by atoms with E-state index in [4.69, 9.17) is 0 Å². The van der Waals surface area contributed by atoms with E-state index in [1.165, 1.54) is 17.0 Å². The molecule has 134 valence electrons. The van der Waals surface area contributed by atoms with Crippen molar-refractivity contribution in [2.75, 3.05) is 19.7 Å². The molecule has 2 aliphatic heterocycles. The van der Waals surface area contributed by atoms with E-state index in [9.17, 15) is 27.6 Å². The van der Waals surface area contributed by atoms with Gasteiger partial charge in [-0.05, 0) is 30.7 Å². The van der Waals surface area contributed by atoms with Crippen LogP contribution in [0.5, 0.6) is 5.75 Å². The summed E-state index contributed by atoms with van der Waals surface area (Å²) in [5, 5.41) is 0. The van der Waals surface area contributed by atoms with Crippen molar-refractivity contribution < 1.29 is 37.0 Å². The van der Waals surface area contributed by atoms with Crippen LogP contribution >= 0.6 is 0 Å². The van der Waals surface area contributed by atoms with Crippen LogP contribution < -0.4 is 4.74 Å². The summed E-state index contributed by atoms with van der Waals surface area (Å²) in [6.45, 7) is 0.172. The highest BCUT2D eigenvalue weighted by atomic mass is 19.4. The minimum Gasteiger partial charge on any atom is -0.439 e. The van der Waals surface area contributed by atoms with E-state index < -0.39 is 36.1 Å². The minimum absolute atomic E-state index is 0.153. The fraction of sp³-hybridized carbons (Fsp3) is 0.400. The van der Waals surface area contributed by atoms with Crippen LogP contribution in [0, 0.1) is 0 Å². The van der Waals surface area contributed by atoms with Crippen molar-refractivity contribution in [2.24, 2.45) is 0 Å². The monoisotopic (exact) mass is 358 g/mol. The number of cyclic esters (lactones) is 1. The molecule has 25 heavy (non-hydrogen) atoms. The Morgan fingerprint density at radius 1 is 1.20 bits per heavy atom. The summed E-state index contributed by atoms with van der Waals surface area (Å²) in [6, 6.07) is 4.10. The van der Waals surface area contributed by atoms with Crippen LogP contribution in [0.4, 0.5) is 18.0 Å². The van der Waals surface area contributed by atoms with Crippen molar-refractivity contribution in [3.8, 4) is 5.75 Å². The number of ether oxygens (including phenoxy) is 2. The smallest absolute Gasteiger partial charge is 0.439 e. The highest BCUT2D eigenvalue weighted by Gasteiger charge is 2.41. The molecule has 3 rings (SSSR count). The zero-order chi connectivity index (χ0) is 18.2. The number of halogens is 3. The van der Waals surface area contributed by atoms with Crippen LogP contribution in [-0.4, -0.2) is 59.8 Å². The second-order valence-corrected chi connectivity index (χ2v) is 5.58. The van der Waals surface area contributed by atoms with Crippen molar-refractivity contribution in [3.63, 3.8) is 0 Å². The van der Waals surface area contributed by atoms with Crippen LogP contribution in [-0.2, 0) is 9.53 Å². The van der Waals surface area contributed by atoms with Gasteiger partial charge in [0.15, 0.2) is 6.61 Å². The van der Waals surface area contributed by atoms with Gasteiger partial charge in [0, 0.05) is 18.7 Å². The first-order chi connectivity index (χ1) is 11.7. The molecule has 1 unspecified atom stereocenters. The summed E-state index contributed by atoms with van der Waals surface area (Å²) >= 11 is 0. The largest absolute Gasteiger partial charge is 0.573 e. The normalized spacial score (nSPS) is 20.8. The van der Waals surface area contributed by atoms with E-state index >= 15 is 0 Å². The number of alkyl halides is 3. The average Bonchev–Trinajstić information content (AvgIpc) is 3.13. The Kier molecular flexibility index (Phi) is 4.27. The molecule has 0 aromatic heterocycles. The van der Waals surface area contributed by atoms with Gasteiger partial charge >= 0.3 is 12.5 Å². The van der Waals surface area contributed by atoms with Gasteiger partial charge in [-0.3, -0.25) is 9.59 Å². The predicted octanol–water partition coefficient (Wildman–Crippen LogP) is 1.78. The molecule has 2 heterocycles. The highest BCUT2D eigenvalue weighted by Crippen LogP contribution is 2.25. The lowest BCUT2D eigenvalue weighted by Crippen LogP contribution is -2.42. The van der Waals surface area contributed by atoms with Crippen LogP contribution in [0.25, 0.3) is 0 Å². The van der Waals surface area contributed by atoms with Crippen molar-refractivity contribution in [1.29, 1.82) is 0 Å².